The minimum Gasteiger partial charge on any atom is -0.0616 e. The zero-order chi connectivity index (χ0) is 9.52. The van der Waals surface area contributed by atoms with Crippen molar-refractivity contribution < 1.29 is 24.8 Å². The first-order chi connectivity index (χ1) is 6.38. The van der Waals surface area contributed by atoms with Gasteiger partial charge in [-0.25, -0.2) is 0 Å². The van der Waals surface area contributed by atoms with Crippen molar-refractivity contribution in [2.24, 2.45) is 0 Å². The molecule has 0 fully saturated rings. The average molecular weight is 267 g/mol. The van der Waals surface area contributed by atoms with Crippen molar-refractivity contribution in [2.45, 2.75) is 0 Å². The molecule has 0 heterocycles. The van der Waals surface area contributed by atoms with E-state index in [0.29, 0.717) is 0 Å². The molecule has 0 atom stereocenters. The third-order valence-corrected chi connectivity index (χ3v) is 1.66. The molecule has 2 rings (SSSR count). The van der Waals surface area contributed by atoms with Crippen molar-refractivity contribution >= 4 is 10.8 Å². The second-order valence-electron chi connectivity index (χ2n) is 2.40. The van der Waals surface area contributed by atoms with E-state index >= 15 is 0 Å². The first-order valence-electron chi connectivity index (χ1n) is 3.67. The van der Waals surface area contributed by atoms with Gasteiger partial charge in [0.25, 0.3) is 0 Å². The fourth-order valence-corrected chi connectivity index (χ4v) is 1.13. The van der Waals surface area contributed by atoms with Gasteiger partial charge in [-0.15, -0.1) is 0 Å². The maximum Gasteiger partial charge on any atom is -0.0184 e. The summed E-state index contributed by atoms with van der Waals surface area (Å²) < 4.78 is 19.4. The van der Waals surface area contributed by atoms with Crippen LogP contribution in [-0.4, -0.2) is 0 Å². The van der Waals surface area contributed by atoms with Crippen LogP contribution >= 0.6 is 0 Å². The zero-order valence-electron chi connectivity index (χ0n) is 6.73. The van der Waals surface area contributed by atoms with Crippen molar-refractivity contribution in [1.82, 2.24) is 0 Å². The SMILES string of the molecule is [F][Ru][F].c1ccc2ccccc2c1. The van der Waals surface area contributed by atoms with Crippen LogP contribution in [0.25, 0.3) is 10.8 Å². The van der Waals surface area contributed by atoms with Crippen LogP contribution in [0.3, 0.4) is 0 Å². The molecule has 0 bridgehead atoms. The van der Waals surface area contributed by atoms with Crippen molar-refractivity contribution in [1.29, 1.82) is 0 Å². The molecule has 0 saturated carbocycles. The second kappa shape index (κ2) is 5.76. The van der Waals surface area contributed by atoms with E-state index in [9.17, 15) is 6.63 Å². The minimum atomic E-state index is -2.29. The molecule has 2 aromatic rings. The molecule has 0 aromatic heterocycles. The first-order valence-corrected chi connectivity index (χ1v) is 4.99. The van der Waals surface area contributed by atoms with E-state index in [4.69, 9.17) is 0 Å². The molecular weight excluding hydrogens is 259 g/mol. The van der Waals surface area contributed by atoms with E-state index in [-0.39, 0.29) is 0 Å². The molecular formula is C10H8F2Ru. The molecule has 0 amide bonds. The summed E-state index contributed by atoms with van der Waals surface area (Å²) >= 11 is -2.29. The Morgan fingerprint density at radius 2 is 0.923 bits per heavy atom. The van der Waals surface area contributed by atoms with Gasteiger partial charge in [-0.1, -0.05) is 48.5 Å². The Hall–Kier alpha value is -0.817. The van der Waals surface area contributed by atoms with Crippen LogP contribution in [0.2, 0.25) is 0 Å². The predicted octanol–water partition coefficient (Wildman–Crippen LogP) is 3.68. The summed E-state index contributed by atoms with van der Waals surface area (Å²) in [5.74, 6) is 0. The number of rotatable bonds is 0. The van der Waals surface area contributed by atoms with Gasteiger partial charge < -0.3 is 0 Å². The van der Waals surface area contributed by atoms with Gasteiger partial charge in [0.15, 0.2) is 0 Å². The fourth-order valence-electron chi connectivity index (χ4n) is 1.13. The molecule has 0 N–H and O–H groups in total. The van der Waals surface area contributed by atoms with Crippen LogP contribution in [0, 0.1) is 0 Å². The Kier molecular flexibility index (Phi) is 4.55. The van der Waals surface area contributed by atoms with Crippen molar-refractivity contribution in [3.05, 3.63) is 48.5 Å². The monoisotopic (exact) mass is 268 g/mol. The Labute approximate surface area is 84.3 Å². The molecule has 0 nitrogen and oxygen atoms in total. The molecule has 0 saturated heterocycles. The van der Waals surface area contributed by atoms with Gasteiger partial charge in [-0.3, -0.25) is 0 Å². The molecule has 70 valence electrons. The largest absolute Gasteiger partial charge is 0.0616 e. The summed E-state index contributed by atoms with van der Waals surface area (Å²) in [6, 6.07) is 16.7. The van der Waals surface area contributed by atoms with Crippen LogP contribution in [0.5, 0.6) is 0 Å². The van der Waals surface area contributed by atoms with E-state index in [1.165, 1.54) is 10.8 Å². The molecule has 0 aliphatic heterocycles. The van der Waals surface area contributed by atoms with Crippen LogP contribution in [0.1, 0.15) is 0 Å². The Bertz CT molecular complexity index is 297. The van der Waals surface area contributed by atoms with E-state index in [1.54, 1.807) is 0 Å². The molecule has 0 unspecified atom stereocenters. The third-order valence-electron chi connectivity index (χ3n) is 1.66. The topological polar surface area (TPSA) is 0 Å². The summed E-state index contributed by atoms with van der Waals surface area (Å²) in [5.41, 5.74) is 0. The maximum absolute atomic E-state index is 9.72. The smallest absolute Gasteiger partial charge is 0.0184 e. The van der Waals surface area contributed by atoms with Crippen molar-refractivity contribution in [2.75, 3.05) is 0 Å². The Morgan fingerprint density at radius 1 is 0.692 bits per heavy atom. The number of hydrogen-bond donors (Lipinski definition) is 0. The second-order valence-corrected chi connectivity index (χ2v) is 2.65. The molecule has 2 aromatic carbocycles. The van der Waals surface area contributed by atoms with Gasteiger partial charge in [0.2, 0.25) is 0 Å². The predicted molar refractivity (Wildman–Crippen MR) is 46.2 cm³/mol. The molecule has 13 heavy (non-hydrogen) atoms. The summed E-state index contributed by atoms with van der Waals surface area (Å²) in [6.45, 7) is 0. The number of halogens is 2. The van der Waals surface area contributed by atoms with Gasteiger partial charge in [-0.2, -0.15) is 0 Å². The summed E-state index contributed by atoms with van der Waals surface area (Å²) in [7, 11) is 0. The molecule has 0 aliphatic rings. The number of benzene rings is 2. The summed E-state index contributed by atoms with van der Waals surface area (Å²) in [4.78, 5) is 0. The van der Waals surface area contributed by atoms with Gasteiger partial charge in [0, 0.05) is 0 Å². The molecule has 3 heteroatoms. The normalized spacial score (nSPS) is 9.38. The van der Waals surface area contributed by atoms with Crippen molar-refractivity contribution in [3.63, 3.8) is 0 Å². The molecule has 0 spiro atoms. The maximum atomic E-state index is 9.72. The van der Waals surface area contributed by atoms with E-state index in [1.807, 2.05) is 0 Å². The van der Waals surface area contributed by atoms with Crippen LogP contribution in [-0.2, 0) is 18.1 Å². The van der Waals surface area contributed by atoms with Gasteiger partial charge >= 0.3 is 24.8 Å². The van der Waals surface area contributed by atoms with Gasteiger partial charge in [-0.05, 0) is 10.8 Å². The minimum absolute atomic E-state index is 1.31. The van der Waals surface area contributed by atoms with Crippen LogP contribution in [0.4, 0.5) is 6.63 Å². The number of hydrogen-bond acceptors (Lipinski definition) is 0. The molecule has 0 radical (unpaired) electrons. The van der Waals surface area contributed by atoms with E-state index < -0.39 is 18.1 Å². The third kappa shape index (κ3) is 3.19. The molecule has 0 aliphatic carbocycles. The Balaban J connectivity index is 0.000000251. The van der Waals surface area contributed by atoms with Gasteiger partial charge in [0.05, 0.1) is 0 Å². The average Bonchev–Trinajstić information content (AvgIpc) is 2.19. The summed E-state index contributed by atoms with van der Waals surface area (Å²) in [6.07, 6.45) is 0. The quantitative estimate of drug-likeness (QED) is 0.639. The fraction of sp³-hybridized carbons (Fsp3) is 0. The summed E-state index contributed by atoms with van der Waals surface area (Å²) in [5, 5.41) is 2.62. The van der Waals surface area contributed by atoms with E-state index in [0.717, 1.165) is 0 Å². The first kappa shape index (κ1) is 10.3. The van der Waals surface area contributed by atoms with E-state index in [2.05, 4.69) is 48.5 Å². The van der Waals surface area contributed by atoms with Crippen LogP contribution < -0.4 is 0 Å². The standard InChI is InChI=1S/C10H8.2FH.Ru/c1-2-6-10-8-4-3-7-9(10)5-1;;;/h1-8H;2*1H;/q;;;+2/p-2. The van der Waals surface area contributed by atoms with Crippen LogP contribution in [0.15, 0.2) is 48.5 Å². The van der Waals surface area contributed by atoms with Gasteiger partial charge in [0.1, 0.15) is 0 Å². The Morgan fingerprint density at radius 3 is 1.15 bits per heavy atom. The number of fused-ring (bicyclic) bond motifs is 1. The van der Waals surface area contributed by atoms with Crippen molar-refractivity contribution in [3.8, 4) is 0 Å². The zero-order valence-corrected chi connectivity index (χ0v) is 8.47.